The second-order valence-electron chi connectivity index (χ2n) is 7.18. The Morgan fingerprint density at radius 1 is 1.13 bits per heavy atom. The SMILES string of the molecule is CCCCNC(=O)NC(=O)COC(=O)c1cc(S(=O)(=O)N2CCCCC2)ccc1C. The van der Waals surface area contributed by atoms with Gasteiger partial charge in [-0.3, -0.25) is 10.1 Å². The van der Waals surface area contributed by atoms with E-state index in [1.807, 2.05) is 6.92 Å². The lowest BCUT2D eigenvalue weighted by atomic mass is 10.1. The molecule has 1 fully saturated rings. The van der Waals surface area contributed by atoms with Crippen LogP contribution < -0.4 is 10.6 Å². The number of ether oxygens (including phenoxy) is 1. The molecule has 0 spiro atoms. The number of imide groups is 1. The van der Waals surface area contributed by atoms with Gasteiger partial charge in [-0.25, -0.2) is 18.0 Å². The minimum atomic E-state index is -3.70. The lowest BCUT2D eigenvalue weighted by Crippen LogP contribution is -2.41. The largest absolute Gasteiger partial charge is 0.452 e. The molecule has 1 heterocycles. The maximum absolute atomic E-state index is 12.8. The minimum Gasteiger partial charge on any atom is -0.452 e. The number of hydrogen-bond donors (Lipinski definition) is 2. The number of esters is 1. The van der Waals surface area contributed by atoms with E-state index in [2.05, 4.69) is 10.6 Å². The predicted molar refractivity (Wildman–Crippen MR) is 111 cm³/mol. The average Bonchev–Trinajstić information content (AvgIpc) is 2.73. The maximum atomic E-state index is 12.8. The lowest BCUT2D eigenvalue weighted by molar-refractivity contribution is -0.123. The quantitative estimate of drug-likeness (QED) is 0.472. The zero-order valence-corrected chi connectivity index (χ0v) is 18.2. The molecule has 0 aliphatic carbocycles. The van der Waals surface area contributed by atoms with E-state index in [1.165, 1.54) is 22.5 Å². The van der Waals surface area contributed by atoms with Crippen LogP contribution in [-0.4, -0.2) is 56.9 Å². The first-order valence-electron chi connectivity index (χ1n) is 10.1. The van der Waals surface area contributed by atoms with E-state index >= 15 is 0 Å². The molecule has 10 heteroatoms. The van der Waals surface area contributed by atoms with Gasteiger partial charge in [0.25, 0.3) is 5.91 Å². The van der Waals surface area contributed by atoms with Crippen LogP contribution in [-0.2, 0) is 19.6 Å². The number of piperidine rings is 1. The Morgan fingerprint density at radius 3 is 2.50 bits per heavy atom. The highest BCUT2D eigenvalue weighted by atomic mass is 32.2. The topological polar surface area (TPSA) is 122 Å². The smallest absolute Gasteiger partial charge is 0.338 e. The van der Waals surface area contributed by atoms with Crippen molar-refractivity contribution in [2.75, 3.05) is 26.2 Å². The number of unbranched alkanes of at least 4 members (excludes halogenated alkanes) is 1. The standard InChI is InChI=1S/C20H29N3O6S/c1-3-4-10-21-20(26)22-18(24)14-29-19(25)17-13-16(9-8-15(17)2)30(27,28)23-11-6-5-7-12-23/h8-9,13H,3-7,10-12,14H2,1-2H3,(H2,21,22,24,26). The van der Waals surface area contributed by atoms with Crippen molar-refractivity contribution in [3.8, 4) is 0 Å². The number of carbonyl (C=O) groups excluding carboxylic acids is 3. The molecule has 2 N–H and O–H groups in total. The summed E-state index contributed by atoms with van der Waals surface area (Å²) >= 11 is 0. The van der Waals surface area contributed by atoms with E-state index in [-0.39, 0.29) is 10.5 Å². The molecule has 2 rings (SSSR count). The van der Waals surface area contributed by atoms with Crippen molar-refractivity contribution in [3.05, 3.63) is 29.3 Å². The molecule has 166 valence electrons. The van der Waals surface area contributed by atoms with E-state index in [1.54, 1.807) is 6.92 Å². The molecule has 1 aliphatic rings. The van der Waals surface area contributed by atoms with Gasteiger partial charge in [-0.05, 0) is 43.9 Å². The molecular weight excluding hydrogens is 410 g/mol. The van der Waals surface area contributed by atoms with Crippen molar-refractivity contribution in [1.82, 2.24) is 14.9 Å². The predicted octanol–water partition coefficient (Wildman–Crippen LogP) is 1.95. The van der Waals surface area contributed by atoms with Gasteiger partial charge in [0.15, 0.2) is 6.61 Å². The summed E-state index contributed by atoms with van der Waals surface area (Å²) < 4.78 is 32.1. The molecule has 0 atom stereocenters. The summed E-state index contributed by atoms with van der Waals surface area (Å²) in [5.41, 5.74) is 0.587. The fraction of sp³-hybridized carbons (Fsp3) is 0.550. The molecule has 0 aromatic heterocycles. The number of amides is 3. The molecule has 3 amide bonds. The van der Waals surface area contributed by atoms with Gasteiger partial charge in [-0.2, -0.15) is 4.31 Å². The van der Waals surface area contributed by atoms with Crippen LogP contribution in [0.4, 0.5) is 4.79 Å². The van der Waals surface area contributed by atoms with E-state index in [0.29, 0.717) is 25.2 Å². The fourth-order valence-corrected chi connectivity index (χ4v) is 4.57. The van der Waals surface area contributed by atoms with Crippen LogP contribution in [0, 0.1) is 6.92 Å². The molecule has 1 aromatic rings. The van der Waals surface area contributed by atoms with Gasteiger partial charge in [-0.1, -0.05) is 25.8 Å². The molecule has 0 unspecified atom stereocenters. The summed E-state index contributed by atoms with van der Waals surface area (Å²) in [6.45, 7) is 4.32. The first-order valence-corrected chi connectivity index (χ1v) is 11.5. The molecule has 1 saturated heterocycles. The molecule has 1 aromatic carbocycles. The summed E-state index contributed by atoms with van der Waals surface area (Å²) in [4.78, 5) is 35.8. The van der Waals surface area contributed by atoms with Crippen molar-refractivity contribution in [2.24, 2.45) is 0 Å². The molecule has 1 aliphatic heterocycles. The second kappa shape index (κ2) is 11.1. The minimum absolute atomic E-state index is 0.0155. The number of nitrogens with one attached hydrogen (secondary N) is 2. The van der Waals surface area contributed by atoms with Crippen LogP contribution in [0.5, 0.6) is 0 Å². The van der Waals surface area contributed by atoms with Gasteiger partial charge >= 0.3 is 12.0 Å². The number of benzene rings is 1. The first kappa shape index (κ1) is 23.8. The Balaban J connectivity index is 1.99. The first-order chi connectivity index (χ1) is 14.3. The Labute approximate surface area is 177 Å². The molecule has 30 heavy (non-hydrogen) atoms. The van der Waals surface area contributed by atoms with Gasteiger partial charge in [0.05, 0.1) is 10.5 Å². The number of nitrogens with zero attached hydrogens (tertiary/aromatic N) is 1. The lowest BCUT2D eigenvalue weighted by Gasteiger charge is -2.26. The number of aryl methyl sites for hydroxylation is 1. The van der Waals surface area contributed by atoms with Crippen LogP contribution in [0.15, 0.2) is 23.1 Å². The van der Waals surface area contributed by atoms with Gasteiger partial charge in [0.2, 0.25) is 10.0 Å². The number of hydrogen-bond acceptors (Lipinski definition) is 6. The van der Waals surface area contributed by atoms with Crippen molar-refractivity contribution in [1.29, 1.82) is 0 Å². The summed E-state index contributed by atoms with van der Waals surface area (Å²) in [5.74, 6) is -1.60. The average molecular weight is 440 g/mol. The van der Waals surface area contributed by atoms with Crippen LogP contribution >= 0.6 is 0 Å². The third-order valence-electron chi connectivity index (χ3n) is 4.78. The Hall–Kier alpha value is -2.46. The molecule has 9 nitrogen and oxygen atoms in total. The Kier molecular flexibility index (Phi) is 8.79. The number of sulfonamides is 1. The molecule has 0 bridgehead atoms. The van der Waals surface area contributed by atoms with Gasteiger partial charge in [0, 0.05) is 19.6 Å². The Bertz CT molecular complexity index is 879. The van der Waals surface area contributed by atoms with Crippen LogP contribution in [0.3, 0.4) is 0 Å². The van der Waals surface area contributed by atoms with E-state index in [9.17, 15) is 22.8 Å². The fourth-order valence-electron chi connectivity index (χ4n) is 3.03. The Morgan fingerprint density at radius 2 is 1.83 bits per heavy atom. The highest BCUT2D eigenvalue weighted by Gasteiger charge is 2.27. The monoisotopic (exact) mass is 439 g/mol. The van der Waals surface area contributed by atoms with Gasteiger partial charge in [-0.15, -0.1) is 0 Å². The summed E-state index contributed by atoms with van der Waals surface area (Å²) in [5, 5.41) is 4.59. The van der Waals surface area contributed by atoms with E-state index in [4.69, 9.17) is 4.74 Å². The zero-order chi connectivity index (χ0) is 22.1. The van der Waals surface area contributed by atoms with Crippen molar-refractivity contribution in [3.63, 3.8) is 0 Å². The third-order valence-corrected chi connectivity index (χ3v) is 6.68. The van der Waals surface area contributed by atoms with Crippen LogP contribution in [0.25, 0.3) is 0 Å². The molecule has 0 radical (unpaired) electrons. The van der Waals surface area contributed by atoms with E-state index in [0.717, 1.165) is 32.1 Å². The number of carbonyl (C=O) groups is 3. The maximum Gasteiger partial charge on any atom is 0.338 e. The van der Waals surface area contributed by atoms with Crippen molar-refractivity contribution in [2.45, 2.75) is 50.8 Å². The third kappa shape index (κ3) is 6.53. The van der Waals surface area contributed by atoms with Crippen LogP contribution in [0.1, 0.15) is 54.9 Å². The number of urea groups is 1. The summed E-state index contributed by atoms with van der Waals surface area (Å²) in [6, 6.07) is 3.62. The highest BCUT2D eigenvalue weighted by Crippen LogP contribution is 2.23. The highest BCUT2D eigenvalue weighted by molar-refractivity contribution is 7.89. The summed E-state index contributed by atoms with van der Waals surface area (Å²) in [6.07, 6.45) is 4.29. The van der Waals surface area contributed by atoms with Gasteiger partial charge in [0.1, 0.15) is 0 Å². The van der Waals surface area contributed by atoms with Crippen molar-refractivity contribution >= 4 is 27.9 Å². The summed E-state index contributed by atoms with van der Waals surface area (Å²) in [7, 11) is -3.70. The van der Waals surface area contributed by atoms with Gasteiger partial charge < -0.3 is 10.1 Å². The van der Waals surface area contributed by atoms with Crippen molar-refractivity contribution < 1.29 is 27.5 Å². The molecule has 0 saturated carbocycles. The second-order valence-corrected chi connectivity index (χ2v) is 9.11. The van der Waals surface area contributed by atoms with E-state index < -0.39 is 34.5 Å². The van der Waals surface area contributed by atoms with Crippen LogP contribution in [0.2, 0.25) is 0 Å². The number of rotatable bonds is 8. The zero-order valence-electron chi connectivity index (χ0n) is 17.4. The normalized spacial score (nSPS) is 14.7. The molecular formula is C20H29N3O6S.